The summed E-state index contributed by atoms with van der Waals surface area (Å²) in [6.45, 7) is 3.81. The van der Waals surface area contributed by atoms with E-state index in [0.29, 0.717) is 17.3 Å². The van der Waals surface area contributed by atoms with Crippen LogP contribution in [0.2, 0.25) is 0 Å². The van der Waals surface area contributed by atoms with Crippen molar-refractivity contribution in [1.82, 2.24) is 10.2 Å². The SMILES string of the molecule is CC(N)C(C)C(=O)Nc1[nH]ncc1-c1ccc2c(c1)OCO2. The van der Waals surface area contributed by atoms with Gasteiger partial charge in [-0.05, 0) is 24.6 Å². The summed E-state index contributed by atoms with van der Waals surface area (Å²) in [5.41, 5.74) is 7.42. The highest BCUT2D eigenvalue weighted by atomic mass is 16.7. The minimum absolute atomic E-state index is 0.152. The van der Waals surface area contributed by atoms with Crippen molar-refractivity contribution in [1.29, 1.82) is 0 Å². The molecule has 1 aromatic heterocycles. The van der Waals surface area contributed by atoms with E-state index in [4.69, 9.17) is 15.2 Å². The summed E-state index contributed by atoms with van der Waals surface area (Å²) in [6.07, 6.45) is 1.66. The second-order valence-electron chi connectivity index (χ2n) is 5.36. The molecule has 7 nitrogen and oxygen atoms in total. The molecule has 2 atom stereocenters. The number of hydrogen-bond acceptors (Lipinski definition) is 5. The molecule has 0 saturated heterocycles. The molecule has 1 aliphatic heterocycles. The summed E-state index contributed by atoms with van der Waals surface area (Å²) in [7, 11) is 0. The maximum Gasteiger partial charge on any atom is 0.231 e. The van der Waals surface area contributed by atoms with Crippen LogP contribution in [0.4, 0.5) is 5.82 Å². The third-order valence-electron chi connectivity index (χ3n) is 3.77. The normalized spacial score (nSPS) is 15.4. The fourth-order valence-corrected chi connectivity index (χ4v) is 2.14. The largest absolute Gasteiger partial charge is 0.454 e. The van der Waals surface area contributed by atoms with Crippen LogP contribution in [0.1, 0.15) is 13.8 Å². The Morgan fingerprint density at radius 3 is 2.91 bits per heavy atom. The van der Waals surface area contributed by atoms with Gasteiger partial charge in [-0.15, -0.1) is 0 Å². The molecular formula is C15H18N4O3. The first-order valence-corrected chi connectivity index (χ1v) is 7.06. The molecule has 1 amide bonds. The van der Waals surface area contributed by atoms with E-state index < -0.39 is 0 Å². The van der Waals surface area contributed by atoms with Crippen molar-refractivity contribution in [2.24, 2.45) is 11.7 Å². The van der Waals surface area contributed by atoms with Gasteiger partial charge in [-0.25, -0.2) is 0 Å². The molecule has 0 spiro atoms. The third kappa shape index (κ3) is 2.62. The number of nitrogens with two attached hydrogens (primary N) is 1. The highest BCUT2D eigenvalue weighted by Crippen LogP contribution is 2.37. The number of anilines is 1. The average molecular weight is 302 g/mol. The predicted octanol–water partition coefficient (Wildman–Crippen LogP) is 1.73. The summed E-state index contributed by atoms with van der Waals surface area (Å²) < 4.78 is 10.7. The highest BCUT2D eigenvalue weighted by molar-refractivity contribution is 5.95. The van der Waals surface area contributed by atoms with Crippen molar-refractivity contribution in [2.75, 3.05) is 12.1 Å². The van der Waals surface area contributed by atoms with Crippen LogP contribution in [0.25, 0.3) is 11.1 Å². The van der Waals surface area contributed by atoms with Gasteiger partial charge in [0, 0.05) is 11.6 Å². The van der Waals surface area contributed by atoms with Gasteiger partial charge >= 0.3 is 0 Å². The molecular weight excluding hydrogens is 284 g/mol. The number of carbonyl (C=O) groups excluding carboxylic acids is 1. The van der Waals surface area contributed by atoms with Gasteiger partial charge in [-0.1, -0.05) is 13.0 Å². The van der Waals surface area contributed by atoms with Crippen molar-refractivity contribution in [3.8, 4) is 22.6 Å². The molecule has 2 aromatic rings. The van der Waals surface area contributed by atoms with E-state index in [1.165, 1.54) is 0 Å². The van der Waals surface area contributed by atoms with Gasteiger partial charge in [-0.3, -0.25) is 9.89 Å². The van der Waals surface area contributed by atoms with E-state index in [2.05, 4.69) is 15.5 Å². The second kappa shape index (κ2) is 5.69. The number of rotatable bonds is 4. The van der Waals surface area contributed by atoms with Gasteiger partial charge in [0.2, 0.25) is 12.7 Å². The zero-order chi connectivity index (χ0) is 15.7. The van der Waals surface area contributed by atoms with Crippen molar-refractivity contribution < 1.29 is 14.3 Å². The van der Waals surface area contributed by atoms with E-state index in [1.807, 2.05) is 18.2 Å². The number of aromatic nitrogens is 2. The van der Waals surface area contributed by atoms with E-state index in [-0.39, 0.29) is 24.7 Å². The first kappa shape index (κ1) is 14.4. The second-order valence-corrected chi connectivity index (χ2v) is 5.36. The lowest BCUT2D eigenvalue weighted by molar-refractivity contribution is -0.119. The molecule has 0 aliphatic carbocycles. The Bertz CT molecular complexity index is 696. The van der Waals surface area contributed by atoms with Gasteiger partial charge in [0.15, 0.2) is 11.5 Å². The maximum atomic E-state index is 12.1. The van der Waals surface area contributed by atoms with Crippen LogP contribution < -0.4 is 20.5 Å². The molecule has 2 heterocycles. The molecule has 0 bridgehead atoms. The molecule has 22 heavy (non-hydrogen) atoms. The average Bonchev–Trinajstić information content (AvgIpc) is 3.13. The number of hydrogen-bond donors (Lipinski definition) is 3. The molecule has 116 valence electrons. The lowest BCUT2D eigenvalue weighted by Gasteiger charge is -2.15. The number of amides is 1. The van der Waals surface area contributed by atoms with Crippen molar-refractivity contribution in [3.63, 3.8) is 0 Å². The van der Waals surface area contributed by atoms with E-state index in [1.54, 1.807) is 20.0 Å². The molecule has 4 N–H and O–H groups in total. The highest BCUT2D eigenvalue weighted by Gasteiger charge is 2.20. The topological polar surface area (TPSA) is 102 Å². The van der Waals surface area contributed by atoms with Crippen molar-refractivity contribution >= 4 is 11.7 Å². The molecule has 0 saturated carbocycles. The van der Waals surface area contributed by atoms with Crippen LogP contribution in [-0.4, -0.2) is 28.9 Å². The van der Waals surface area contributed by atoms with Crippen molar-refractivity contribution in [2.45, 2.75) is 19.9 Å². The number of carbonyl (C=O) groups is 1. The third-order valence-corrected chi connectivity index (χ3v) is 3.77. The van der Waals surface area contributed by atoms with E-state index >= 15 is 0 Å². The van der Waals surface area contributed by atoms with Crippen LogP contribution >= 0.6 is 0 Å². The Hall–Kier alpha value is -2.54. The summed E-state index contributed by atoms with van der Waals surface area (Å²) in [5.74, 6) is 1.48. The van der Waals surface area contributed by atoms with Crippen molar-refractivity contribution in [3.05, 3.63) is 24.4 Å². The van der Waals surface area contributed by atoms with Gasteiger partial charge in [-0.2, -0.15) is 5.10 Å². The Kier molecular flexibility index (Phi) is 3.72. The number of H-pyrrole nitrogens is 1. The zero-order valence-corrected chi connectivity index (χ0v) is 12.4. The number of nitrogens with one attached hydrogen (secondary N) is 2. The quantitative estimate of drug-likeness (QED) is 0.798. The van der Waals surface area contributed by atoms with Crippen LogP contribution in [0.3, 0.4) is 0 Å². The maximum absolute atomic E-state index is 12.1. The number of benzene rings is 1. The molecule has 1 aliphatic rings. The Labute approximate surface area is 127 Å². The Morgan fingerprint density at radius 2 is 2.14 bits per heavy atom. The smallest absolute Gasteiger partial charge is 0.231 e. The molecule has 3 rings (SSSR count). The van der Waals surface area contributed by atoms with Crippen LogP contribution in [0, 0.1) is 5.92 Å². The first-order chi connectivity index (χ1) is 10.6. The summed E-state index contributed by atoms with van der Waals surface area (Å²) in [4.78, 5) is 12.1. The molecule has 1 aromatic carbocycles. The number of aromatic amines is 1. The minimum atomic E-state index is -0.298. The lowest BCUT2D eigenvalue weighted by atomic mass is 10.0. The predicted molar refractivity (Wildman–Crippen MR) is 81.6 cm³/mol. The Balaban J connectivity index is 1.85. The number of nitrogens with zero attached hydrogens (tertiary/aromatic N) is 1. The van der Waals surface area contributed by atoms with E-state index in [0.717, 1.165) is 11.1 Å². The van der Waals surface area contributed by atoms with Crippen LogP contribution in [0.15, 0.2) is 24.4 Å². The van der Waals surface area contributed by atoms with Gasteiger partial charge in [0.05, 0.1) is 12.1 Å². The van der Waals surface area contributed by atoms with Gasteiger partial charge < -0.3 is 20.5 Å². The molecule has 0 radical (unpaired) electrons. The van der Waals surface area contributed by atoms with Crippen LogP contribution in [-0.2, 0) is 4.79 Å². The standard InChI is InChI=1S/C15H18N4O3/c1-8(9(2)16)15(20)18-14-11(6-17-19-14)10-3-4-12-13(5-10)22-7-21-12/h3-6,8-9H,7,16H2,1-2H3,(H2,17,18,19,20). The molecule has 0 fully saturated rings. The fraction of sp³-hybridized carbons (Fsp3) is 0.333. The first-order valence-electron chi connectivity index (χ1n) is 7.06. The minimum Gasteiger partial charge on any atom is -0.454 e. The Morgan fingerprint density at radius 1 is 1.36 bits per heavy atom. The summed E-state index contributed by atoms with van der Waals surface area (Å²) in [5, 5.41) is 9.64. The zero-order valence-electron chi connectivity index (χ0n) is 12.4. The van der Waals surface area contributed by atoms with Crippen LogP contribution in [0.5, 0.6) is 11.5 Å². The molecule has 7 heteroatoms. The summed E-state index contributed by atoms with van der Waals surface area (Å²) >= 11 is 0. The fourth-order valence-electron chi connectivity index (χ4n) is 2.14. The van der Waals surface area contributed by atoms with E-state index in [9.17, 15) is 4.79 Å². The lowest BCUT2D eigenvalue weighted by Crippen LogP contribution is -2.34. The number of fused-ring (bicyclic) bond motifs is 1. The molecule has 2 unspecified atom stereocenters. The number of ether oxygens (including phenoxy) is 2. The summed E-state index contributed by atoms with van der Waals surface area (Å²) in [6, 6.07) is 5.36. The van der Waals surface area contributed by atoms with Gasteiger partial charge in [0.1, 0.15) is 5.82 Å². The monoisotopic (exact) mass is 302 g/mol. The van der Waals surface area contributed by atoms with Gasteiger partial charge in [0.25, 0.3) is 0 Å².